The Morgan fingerprint density at radius 1 is 1.44 bits per heavy atom. The molecular formula is C2H5Br2NO3S. The summed E-state index contributed by atoms with van der Waals surface area (Å²) < 4.78 is 27.5. The second-order valence-electron chi connectivity index (χ2n) is 1.31. The van der Waals surface area contributed by atoms with E-state index >= 15 is 0 Å². The molecule has 56 valence electrons. The van der Waals surface area contributed by atoms with Gasteiger partial charge in [-0.25, -0.2) is 0 Å². The summed E-state index contributed by atoms with van der Waals surface area (Å²) in [6, 6.07) is 0. The number of nitrogens with two attached hydrogens (primary N) is 1. The summed E-state index contributed by atoms with van der Waals surface area (Å²) in [6.07, 6.45) is 0. The van der Waals surface area contributed by atoms with Crippen LogP contribution in [-0.2, 0) is 10.1 Å². The minimum absolute atomic E-state index is 0.799. The van der Waals surface area contributed by atoms with Crippen LogP contribution in [0.3, 0.4) is 0 Å². The standard InChI is InChI=1S/C2H5Br2NO3S/c3-1(5)2(4)9(6,7)8/h1-2H,5H2,(H,6,7,8). The lowest BCUT2D eigenvalue weighted by Crippen LogP contribution is -2.30. The van der Waals surface area contributed by atoms with Crippen LogP contribution in [0.25, 0.3) is 0 Å². The van der Waals surface area contributed by atoms with Gasteiger partial charge in [-0.2, -0.15) is 8.42 Å². The Morgan fingerprint density at radius 3 is 1.78 bits per heavy atom. The maximum atomic E-state index is 10.2. The van der Waals surface area contributed by atoms with Crippen molar-refractivity contribution in [3.05, 3.63) is 0 Å². The van der Waals surface area contributed by atoms with Crippen molar-refractivity contribution in [2.24, 2.45) is 5.73 Å². The van der Waals surface area contributed by atoms with Crippen molar-refractivity contribution < 1.29 is 13.0 Å². The first-order valence-corrected chi connectivity index (χ1v) is 5.19. The zero-order valence-corrected chi connectivity index (χ0v) is 8.15. The fraction of sp³-hybridized carbons (Fsp3) is 1.00. The van der Waals surface area contributed by atoms with Gasteiger partial charge in [0.05, 0.1) is 4.95 Å². The molecule has 0 aromatic rings. The van der Waals surface area contributed by atoms with Crippen LogP contribution in [-0.4, -0.2) is 22.1 Å². The summed E-state index contributed by atoms with van der Waals surface area (Å²) in [4.78, 5) is -0.799. The molecule has 0 aromatic heterocycles. The second-order valence-corrected chi connectivity index (χ2v) is 5.50. The fourth-order valence-corrected chi connectivity index (χ4v) is 1.31. The summed E-state index contributed by atoms with van der Waals surface area (Å²) >= 11 is 5.42. The summed E-state index contributed by atoms with van der Waals surface area (Å²) in [5, 5.41) is 0. The number of rotatable bonds is 2. The monoisotopic (exact) mass is 281 g/mol. The summed E-state index contributed by atoms with van der Waals surface area (Å²) in [5.74, 6) is 0. The van der Waals surface area contributed by atoms with Crippen molar-refractivity contribution in [1.82, 2.24) is 0 Å². The van der Waals surface area contributed by atoms with E-state index in [-0.39, 0.29) is 0 Å². The average Bonchev–Trinajstić information content (AvgIpc) is 1.62. The lowest BCUT2D eigenvalue weighted by atomic mass is 10.8. The lowest BCUT2D eigenvalue weighted by molar-refractivity contribution is 0.480. The van der Waals surface area contributed by atoms with Gasteiger partial charge in [-0.3, -0.25) is 4.55 Å². The van der Waals surface area contributed by atoms with Crippen LogP contribution in [0.2, 0.25) is 0 Å². The molecule has 0 saturated carbocycles. The minimum atomic E-state index is -4.06. The van der Waals surface area contributed by atoms with Crippen LogP contribution in [0, 0.1) is 0 Å². The van der Waals surface area contributed by atoms with E-state index in [0.717, 1.165) is 0 Å². The van der Waals surface area contributed by atoms with Crippen molar-refractivity contribution in [2.45, 2.75) is 9.11 Å². The van der Waals surface area contributed by atoms with Crippen LogP contribution in [0.4, 0.5) is 0 Å². The molecule has 0 bridgehead atoms. The zero-order valence-electron chi connectivity index (χ0n) is 4.16. The molecule has 0 spiro atoms. The van der Waals surface area contributed by atoms with Gasteiger partial charge in [0, 0.05) is 0 Å². The maximum absolute atomic E-state index is 10.2. The van der Waals surface area contributed by atoms with Gasteiger partial charge in [-0.15, -0.1) is 0 Å². The molecular weight excluding hydrogens is 278 g/mol. The smallest absolute Gasteiger partial charge is 0.280 e. The molecule has 2 unspecified atom stereocenters. The molecule has 0 aliphatic carbocycles. The molecule has 0 radical (unpaired) electrons. The predicted octanol–water partition coefficient (Wildman–Crippen LogP) is 0.275. The van der Waals surface area contributed by atoms with E-state index < -0.39 is 19.2 Å². The molecule has 9 heavy (non-hydrogen) atoms. The molecule has 0 heterocycles. The van der Waals surface area contributed by atoms with E-state index in [2.05, 4.69) is 31.9 Å². The van der Waals surface area contributed by atoms with Crippen LogP contribution in [0.1, 0.15) is 0 Å². The SMILES string of the molecule is NC(Br)C(Br)S(=O)(=O)O. The number of halogens is 2. The Labute approximate surface area is 69.8 Å². The van der Waals surface area contributed by atoms with Crippen molar-refractivity contribution in [3.63, 3.8) is 0 Å². The van der Waals surface area contributed by atoms with Crippen LogP contribution >= 0.6 is 31.9 Å². The van der Waals surface area contributed by atoms with Gasteiger partial charge < -0.3 is 5.73 Å². The highest BCUT2D eigenvalue weighted by Gasteiger charge is 2.24. The zero-order chi connectivity index (χ0) is 7.65. The molecule has 3 N–H and O–H groups in total. The van der Waals surface area contributed by atoms with Crippen molar-refractivity contribution in [3.8, 4) is 0 Å². The Morgan fingerprint density at radius 2 is 1.78 bits per heavy atom. The molecule has 7 heteroatoms. The predicted molar refractivity (Wildman–Crippen MR) is 41.2 cm³/mol. The highest BCUT2D eigenvalue weighted by Crippen LogP contribution is 2.14. The first-order valence-electron chi connectivity index (χ1n) is 1.85. The van der Waals surface area contributed by atoms with Gasteiger partial charge in [0.15, 0.2) is 4.16 Å². The molecule has 2 atom stereocenters. The van der Waals surface area contributed by atoms with Gasteiger partial charge >= 0.3 is 0 Å². The normalized spacial score (nSPS) is 19.1. The van der Waals surface area contributed by atoms with E-state index in [0.29, 0.717) is 0 Å². The highest BCUT2D eigenvalue weighted by molar-refractivity contribution is 9.13. The highest BCUT2D eigenvalue weighted by atomic mass is 79.9. The Kier molecular flexibility index (Phi) is 3.59. The van der Waals surface area contributed by atoms with Crippen molar-refractivity contribution in [1.29, 1.82) is 0 Å². The molecule has 0 amide bonds. The second kappa shape index (κ2) is 3.29. The van der Waals surface area contributed by atoms with Crippen LogP contribution in [0.15, 0.2) is 0 Å². The first-order chi connectivity index (χ1) is 3.85. The molecule has 0 rings (SSSR count). The van der Waals surface area contributed by atoms with E-state index in [1.807, 2.05) is 0 Å². The van der Waals surface area contributed by atoms with Crippen molar-refractivity contribution >= 4 is 42.0 Å². The summed E-state index contributed by atoms with van der Waals surface area (Å²) in [5.41, 5.74) is 5.05. The molecule has 0 aliphatic rings. The third-order valence-electron chi connectivity index (χ3n) is 0.535. The van der Waals surface area contributed by atoms with Crippen LogP contribution in [0.5, 0.6) is 0 Å². The van der Waals surface area contributed by atoms with Gasteiger partial charge in [0.1, 0.15) is 0 Å². The number of hydrogen-bond acceptors (Lipinski definition) is 3. The van der Waals surface area contributed by atoms with Gasteiger partial charge in [-0.1, -0.05) is 31.9 Å². The number of hydrogen-bond donors (Lipinski definition) is 2. The Hall–Kier alpha value is 0.830. The van der Waals surface area contributed by atoms with E-state index in [9.17, 15) is 8.42 Å². The average molecular weight is 283 g/mol. The van der Waals surface area contributed by atoms with Gasteiger partial charge in [0.2, 0.25) is 0 Å². The van der Waals surface area contributed by atoms with Gasteiger partial charge in [0.25, 0.3) is 10.1 Å². The third kappa shape index (κ3) is 3.51. The van der Waals surface area contributed by atoms with E-state index in [4.69, 9.17) is 10.3 Å². The fourth-order valence-electron chi connectivity index (χ4n) is 0.164. The first kappa shape index (κ1) is 9.83. The quantitative estimate of drug-likeness (QED) is 0.433. The topological polar surface area (TPSA) is 80.4 Å². The van der Waals surface area contributed by atoms with E-state index in [1.165, 1.54) is 0 Å². The summed E-state index contributed by atoms with van der Waals surface area (Å²) in [6.45, 7) is 0. The maximum Gasteiger partial charge on any atom is 0.280 e. The Balaban J connectivity index is 4.24. The third-order valence-corrected chi connectivity index (χ3v) is 4.97. The van der Waals surface area contributed by atoms with Gasteiger partial charge in [-0.05, 0) is 0 Å². The Bertz CT molecular complexity index is 176. The summed E-state index contributed by atoms with van der Waals surface area (Å²) in [7, 11) is -4.06. The van der Waals surface area contributed by atoms with Crippen molar-refractivity contribution in [2.75, 3.05) is 0 Å². The molecule has 0 aliphatic heterocycles. The molecule has 0 aromatic carbocycles. The van der Waals surface area contributed by atoms with E-state index in [1.54, 1.807) is 0 Å². The number of alkyl halides is 2. The largest absolute Gasteiger partial charge is 0.317 e. The molecule has 0 fully saturated rings. The molecule has 4 nitrogen and oxygen atoms in total. The van der Waals surface area contributed by atoms with Crippen LogP contribution < -0.4 is 5.73 Å². The molecule has 0 saturated heterocycles. The lowest BCUT2D eigenvalue weighted by Gasteiger charge is -2.06. The minimum Gasteiger partial charge on any atom is -0.317 e.